The van der Waals surface area contributed by atoms with Crippen molar-refractivity contribution in [2.75, 3.05) is 10.6 Å². The minimum absolute atomic E-state index is 0.0678. The number of hydrogen-bond donors (Lipinski definition) is 2. The van der Waals surface area contributed by atoms with Crippen LogP contribution in [0.2, 0.25) is 5.02 Å². The van der Waals surface area contributed by atoms with E-state index in [4.69, 9.17) is 23.8 Å². The molecule has 0 bridgehead atoms. The Labute approximate surface area is 153 Å². The molecule has 128 valence electrons. The monoisotopic (exact) mass is 378 g/mol. The normalized spacial score (nSPS) is 10.7. The van der Waals surface area contributed by atoms with Crippen LogP contribution in [0.4, 0.5) is 20.2 Å². The van der Waals surface area contributed by atoms with Crippen molar-refractivity contribution < 1.29 is 13.5 Å². The number of benzene rings is 3. The van der Waals surface area contributed by atoms with Gasteiger partial charge < -0.3 is 15.4 Å². The molecule has 0 radical (unpaired) electrons. The molecule has 3 nitrogen and oxygen atoms in total. The first-order valence-corrected chi connectivity index (χ1v) is 8.11. The first-order chi connectivity index (χ1) is 12.0. The maximum atomic E-state index is 12.3. The number of hydrogen-bond acceptors (Lipinski definition) is 2. The van der Waals surface area contributed by atoms with Crippen molar-refractivity contribution in [1.29, 1.82) is 0 Å². The molecule has 3 rings (SSSR count). The largest absolute Gasteiger partial charge is 0.433 e. The van der Waals surface area contributed by atoms with Crippen molar-refractivity contribution in [1.82, 2.24) is 0 Å². The van der Waals surface area contributed by atoms with E-state index in [1.165, 1.54) is 12.1 Å². The molecule has 0 saturated heterocycles. The Morgan fingerprint density at radius 3 is 2.52 bits per heavy atom. The van der Waals surface area contributed by atoms with E-state index in [1.54, 1.807) is 6.07 Å². The minimum atomic E-state index is -2.93. The number of nitrogens with one attached hydrogen (secondary N) is 2. The van der Waals surface area contributed by atoms with E-state index in [0.29, 0.717) is 10.8 Å². The quantitative estimate of drug-likeness (QED) is 0.553. The SMILES string of the molecule is FC(F)Oc1ccc(NC(=S)Nc2cccc3ccccc23)cc1Cl. The van der Waals surface area contributed by atoms with Crippen molar-refractivity contribution in [2.24, 2.45) is 0 Å². The third-order valence-electron chi connectivity index (χ3n) is 3.44. The van der Waals surface area contributed by atoms with Crippen molar-refractivity contribution >= 4 is 51.1 Å². The molecule has 0 spiro atoms. The van der Waals surface area contributed by atoms with Crippen LogP contribution >= 0.6 is 23.8 Å². The molecule has 2 N–H and O–H groups in total. The first kappa shape index (κ1) is 17.4. The van der Waals surface area contributed by atoms with E-state index in [-0.39, 0.29) is 10.8 Å². The third kappa shape index (κ3) is 4.35. The number of halogens is 3. The second-order valence-corrected chi connectivity index (χ2v) is 5.94. The fraction of sp³-hybridized carbons (Fsp3) is 0.0556. The van der Waals surface area contributed by atoms with E-state index >= 15 is 0 Å². The van der Waals surface area contributed by atoms with Gasteiger partial charge in [-0.2, -0.15) is 8.78 Å². The predicted octanol–water partition coefficient (Wildman–Crippen LogP) is 5.90. The van der Waals surface area contributed by atoms with Gasteiger partial charge >= 0.3 is 6.61 Å². The Kier molecular flexibility index (Phi) is 5.31. The zero-order valence-corrected chi connectivity index (χ0v) is 14.4. The third-order valence-corrected chi connectivity index (χ3v) is 3.94. The highest BCUT2D eigenvalue weighted by molar-refractivity contribution is 7.80. The Hall–Kier alpha value is -2.44. The first-order valence-electron chi connectivity index (χ1n) is 7.33. The molecule has 0 amide bonds. The average Bonchev–Trinajstić information content (AvgIpc) is 2.57. The summed E-state index contributed by atoms with van der Waals surface area (Å²) < 4.78 is 28.8. The molecule has 0 aliphatic carbocycles. The molecule has 3 aromatic carbocycles. The zero-order chi connectivity index (χ0) is 17.8. The van der Waals surface area contributed by atoms with Gasteiger partial charge in [0.05, 0.1) is 5.02 Å². The summed E-state index contributed by atoms with van der Waals surface area (Å²) in [5.74, 6) is -0.0878. The van der Waals surface area contributed by atoms with E-state index < -0.39 is 6.61 Å². The molecule has 0 saturated carbocycles. The summed E-state index contributed by atoms with van der Waals surface area (Å²) in [4.78, 5) is 0. The van der Waals surface area contributed by atoms with E-state index in [0.717, 1.165) is 16.5 Å². The molecule has 0 atom stereocenters. The van der Waals surface area contributed by atoms with Gasteiger partial charge in [-0.25, -0.2) is 0 Å². The van der Waals surface area contributed by atoms with Gasteiger partial charge in [0.1, 0.15) is 5.75 Å². The fourth-order valence-corrected chi connectivity index (χ4v) is 2.84. The number of fused-ring (bicyclic) bond motifs is 1. The van der Waals surface area contributed by atoms with Gasteiger partial charge in [0.25, 0.3) is 0 Å². The molecular weight excluding hydrogens is 366 g/mol. The maximum absolute atomic E-state index is 12.3. The summed E-state index contributed by atoms with van der Waals surface area (Å²) in [6, 6.07) is 18.2. The van der Waals surface area contributed by atoms with Gasteiger partial charge in [0.15, 0.2) is 5.11 Å². The molecule has 0 fully saturated rings. The highest BCUT2D eigenvalue weighted by Gasteiger charge is 2.10. The molecule has 25 heavy (non-hydrogen) atoms. The molecule has 0 aliphatic heterocycles. The highest BCUT2D eigenvalue weighted by Crippen LogP contribution is 2.29. The molecule has 0 aliphatic rings. The highest BCUT2D eigenvalue weighted by atomic mass is 35.5. The molecular formula is C18H13ClF2N2OS. The number of thiocarbonyl (C=S) groups is 1. The summed E-state index contributed by atoms with van der Waals surface area (Å²) in [6.07, 6.45) is 0. The second-order valence-electron chi connectivity index (χ2n) is 5.13. The van der Waals surface area contributed by atoms with Crippen LogP contribution in [0.15, 0.2) is 60.7 Å². The topological polar surface area (TPSA) is 33.3 Å². The molecule has 0 unspecified atom stereocenters. The van der Waals surface area contributed by atoms with Crippen LogP contribution < -0.4 is 15.4 Å². The van der Waals surface area contributed by atoms with Crippen LogP contribution in [0.3, 0.4) is 0 Å². The molecule has 0 aromatic heterocycles. The van der Waals surface area contributed by atoms with Gasteiger partial charge in [0.2, 0.25) is 0 Å². The molecule has 7 heteroatoms. The van der Waals surface area contributed by atoms with Crippen molar-refractivity contribution in [3.05, 3.63) is 65.7 Å². The standard InChI is InChI=1S/C18H13ClF2N2OS/c19-14-10-12(8-9-16(14)24-17(20)21)22-18(25)23-15-7-3-5-11-4-1-2-6-13(11)15/h1-10,17H,(H2,22,23,25). The Bertz CT molecular complexity index is 915. The summed E-state index contributed by atoms with van der Waals surface area (Å²) in [7, 11) is 0. The van der Waals surface area contributed by atoms with Gasteiger partial charge in [-0.05, 0) is 41.9 Å². The van der Waals surface area contributed by atoms with Crippen LogP contribution in [-0.4, -0.2) is 11.7 Å². The summed E-state index contributed by atoms with van der Waals surface area (Å²) >= 11 is 11.2. The van der Waals surface area contributed by atoms with Crippen LogP contribution in [0.1, 0.15) is 0 Å². The van der Waals surface area contributed by atoms with Gasteiger partial charge in [-0.1, -0.05) is 48.0 Å². The Morgan fingerprint density at radius 2 is 1.76 bits per heavy atom. The van der Waals surface area contributed by atoms with E-state index in [9.17, 15) is 8.78 Å². The van der Waals surface area contributed by atoms with Gasteiger partial charge in [0, 0.05) is 16.8 Å². The van der Waals surface area contributed by atoms with Gasteiger partial charge in [-0.3, -0.25) is 0 Å². The lowest BCUT2D eigenvalue weighted by atomic mass is 10.1. The van der Waals surface area contributed by atoms with Crippen LogP contribution in [-0.2, 0) is 0 Å². The predicted molar refractivity (Wildman–Crippen MR) is 102 cm³/mol. The van der Waals surface area contributed by atoms with Crippen LogP contribution in [0.5, 0.6) is 5.75 Å². The lowest BCUT2D eigenvalue weighted by Crippen LogP contribution is -2.19. The Morgan fingerprint density at radius 1 is 1.00 bits per heavy atom. The maximum Gasteiger partial charge on any atom is 0.387 e. The minimum Gasteiger partial charge on any atom is -0.433 e. The number of anilines is 2. The summed E-state index contributed by atoms with van der Waals surface area (Å²) in [5.41, 5.74) is 1.42. The average molecular weight is 379 g/mol. The van der Waals surface area contributed by atoms with E-state index in [2.05, 4.69) is 15.4 Å². The van der Waals surface area contributed by atoms with Crippen LogP contribution in [0.25, 0.3) is 10.8 Å². The zero-order valence-electron chi connectivity index (χ0n) is 12.8. The number of ether oxygens (including phenoxy) is 1. The van der Waals surface area contributed by atoms with Crippen molar-refractivity contribution in [2.45, 2.75) is 6.61 Å². The summed E-state index contributed by atoms with van der Waals surface area (Å²) in [5, 5.41) is 8.64. The van der Waals surface area contributed by atoms with Crippen molar-refractivity contribution in [3.8, 4) is 5.75 Å². The number of alkyl halides is 2. The van der Waals surface area contributed by atoms with Crippen molar-refractivity contribution in [3.63, 3.8) is 0 Å². The Balaban J connectivity index is 1.73. The molecule has 3 aromatic rings. The smallest absolute Gasteiger partial charge is 0.387 e. The second kappa shape index (κ2) is 7.63. The van der Waals surface area contributed by atoms with Gasteiger partial charge in [-0.15, -0.1) is 0 Å². The van der Waals surface area contributed by atoms with Crippen LogP contribution in [0, 0.1) is 0 Å². The summed E-state index contributed by atoms with van der Waals surface area (Å²) in [6.45, 7) is -2.93. The number of rotatable bonds is 4. The molecule has 0 heterocycles. The fourth-order valence-electron chi connectivity index (χ4n) is 2.39. The lowest BCUT2D eigenvalue weighted by molar-refractivity contribution is -0.0497. The van der Waals surface area contributed by atoms with E-state index in [1.807, 2.05) is 42.5 Å². The lowest BCUT2D eigenvalue weighted by Gasteiger charge is -2.14.